The van der Waals surface area contributed by atoms with Crippen molar-refractivity contribution < 1.29 is 8.42 Å². The lowest BCUT2D eigenvalue weighted by atomic mass is 10.1. The molecule has 0 saturated heterocycles. The molecule has 0 aromatic heterocycles. The Morgan fingerprint density at radius 1 is 1.24 bits per heavy atom. The molecule has 0 radical (unpaired) electrons. The summed E-state index contributed by atoms with van der Waals surface area (Å²) in [6, 6.07) is 7.48. The molecule has 0 saturated carbocycles. The monoisotopic (exact) mass is 330 g/mol. The number of sulfonamides is 1. The van der Waals surface area contributed by atoms with Crippen LogP contribution >= 0.6 is 11.8 Å². The van der Waals surface area contributed by atoms with E-state index in [-0.39, 0.29) is 11.8 Å². The molecule has 0 spiro atoms. The van der Waals surface area contributed by atoms with Gasteiger partial charge in [-0.25, -0.2) is 13.1 Å². The third kappa shape index (κ3) is 8.34. The number of rotatable bonds is 9. The van der Waals surface area contributed by atoms with E-state index in [1.54, 1.807) is 0 Å². The van der Waals surface area contributed by atoms with Crippen LogP contribution in [0.25, 0.3) is 0 Å². The standard InChI is InChI=1S/C15H26N2O2S2/c1-12(2)7-8-13(3)17-21(18,19)10-9-20-15-6-4-5-14(16)11-15/h4-6,11-13,17H,7-10,16H2,1-3H3. The highest BCUT2D eigenvalue weighted by Crippen LogP contribution is 2.20. The second-order valence-corrected chi connectivity index (χ2v) is 8.77. The molecule has 0 aliphatic heterocycles. The molecule has 6 heteroatoms. The quantitative estimate of drug-likeness (QED) is 0.539. The van der Waals surface area contributed by atoms with Crippen molar-refractivity contribution in [2.24, 2.45) is 5.92 Å². The molecule has 3 N–H and O–H groups in total. The topological polar surface area (TPSA) is 72.2 Å². The number of thioether (sulfide) groups is 1. The highest BCUT2D eigenvalue weighted by Gasteiger charge is 2.14. The summed E-state index contributed by atoms with van der Waals surface area (Å²) < 4.78 is 26.7. The van der Waals surface area contributed by atoms with Crippen molar-refractivity contribution in [3.63, 3.8) is 0 Å². The number of benzene rings is 1. The number of hydrogen-bond donors (Lipinski definition) is 2. The summed E-state index contributed by atoms with van der Waals surface area (Å²) in [5.41, 5.74) is 6.39. The third-order valence-corrected chi connectivity index (χ3v) is 5.79. The first-order chi connectivity index (χ1) is 9.78. The smallest absolute Gasteiger partial charge is 0.212 e. The summed E-state index contributed by atoms with van der Waals surface area (Å²) in [5, 5.41) is 0. The lowest BCUT2D eigenvalue weighted by Gasteiger charge is -2.15. The van der Waals surface area contributed by atoms with Crippen LogP contribution in [0.2, 0.25) is 0 Å². The molecule has 21 heavy (non-hydrogen) atoms. The molecule has 1 aromatic carbocycles. The van der Waals surface area contributed by atoms with E-state index in [0.29, 0.717) is 17.4 Å². The molecule has 120 valence electrons. The second-order valence-electron chi connectivity index (χ2n) is 5.73. The average molecular weight is 331 g/mol. The number of hydrogen-bond acceptors (Lipinski definition) is 4. The van der Waals surface area contributed by atoms with Gasteiger partial charge in [-0.2, -0.15) is 0 Å². The van der Waals surface area contributed by atoms with E-state index in [2.05, 4.69) is 18.6 Å². The van der Waals surface area contributed by atoms with Crippen LogP contribution < -0.4 is 10.5 Å². The number of nitrogens with one attached hydrogen (secondary N) is 1. The Labute approximate surface area is 132 Å². The van der Waals surface area contributed by atoms with E-state index >= 15 is 0 Å². The van der Waals surface area contributed by atoms with E-state index in [4.69, 9.17) is 5.73 Å². The summed E-state index contributed by atoms with van der Waals surface area (Å²) in [5.74, 6) is 1.24. The highest BCUT2D eigenvalue weighted by molar-refractivity contribution is 8.00. The molecule has 1 atom stereocenters. The maximum absolute atomic E-state index is 12.0. The van der Waals surface area contributed by atoms with Gasteiger partial charge in [0.1, 0.15) is 0 Å². The SMILES string of the molecule is CC(C)CCC(C)NS(=O)(=O)CCSc1cccc(N)c1. The van der Waals surface area contributed by atoms with Crippen molar-refractivity contribution in [2.75, 3.05) is 17.2 Å². The van der Waals surface area contributed by atoms with Crippen molar-refractivity contribution in [3.8, 4) is 0 Å². The van der Waals surface area contributed by atoms with Crippen LogP contribution in [-0.4, -0.2) is 26.0 Å². The van der Waals surface area contributed by atoms with Gasteiger partial charge >= 0.3 is 0 Å². The minimum Gasteiger partial charge on any atom is -0.399 e. The van der Waals surface area contributed by atoms with Crippen LogP contribution in [0.15, 0.2) is 29.2 Å². The predicted octanol–water partition coefficient (Wildman–Crippen LogP) is 3.11. The molecular weight excluding hydrogens is 304 g/mol. The molecular formula is C15H26N2O2S2. The number of nitrogens with two attached hydrogens (primary N) is 1. The molecule has 1 rings (SSSR count). The van der Waals surface area contributed by atoms with Crippen LogP contribution in [-0.2, 0) is 10.0 Å². The van der Waals surface area contributed by atoms with Gasteiger partial charge in [0.2, 0.25) is 10.0 Å². The molecule has 0 aliphatic rings. The normalized spacial score (nSPS) is 13.5. The minimum atomic E-state index is -3.21. The highest BCUT2D eigenvalue weighted by atomic mass is 32.2. The molecule has 1 unspecified atom stereocenters. The van der Waals surface area contributed by atoms with Crippen LogP contribution in [0, 0.1) is 5.92 Å². The van der Waals surface area contributed by atoms with Gasteiger partial charge in [0.15, 0.2) is 0 Å². The van der Waals surface area contributed by atoms with E-state index in [0.717, 1.165) is 17.7 Å². The van der Waals surface area contributed by atoms with Gasteiger partial charge in [0.25, 0.3) is 0 Å². The number of nitrogen functional groups attached to an aromatic ring is 1. The fourth-order valence-corrected chi connectivity index (χ4v) is 4.57. The van der Waals surface area contributed by atoms with Crippen molar-refractivity contribution >= 4 is 27.5 Å². The van der Waals surface area contributed by atoms with Crippen LogP contribution in [0.4, 0.5) is 5.69 Å². The van der Waals surface area contributed by atoms with E-state index in [1.165, 1.54) is 11.8 Å². The summed E-state index contributed by atoms with van der Waals surface area (Å²) in [7, 11) is -3.21. The lowest BCUT2D eigenvalue weighted by molar-refractivity contribution is 0.486. The zero-order chi connectivity index (χ0) is 15.9. The Bertz CT molecular complexity index is 530. The van der Waals surface area contributed by atoms with Crippen LogP contribution in [0.1, 0.15) is 33.6 Å². The van der Waals surface area contributed by atoms with Crippen LogP contribution in [0.5, 0.6) is 0 Å². The summed E-state index contributed by atoms with van der Waals surface area (Å²) in [4.78, 5) is 0.998. The van der Waals surface area contributed by atoms with E-state index in [1.807, 2.05) is 31.2 Å². The van der Waals surface area contributed by atoms with Crippen molar-refractivity contribution in [1.29, 1.82) is 0 Å². The number of anilines is 1. The van der Waals surface area contributed by atoms with E-state index < -0.39 is 10.0 Å². The van der Waals surface area contributed by atoms with Gasteiger partial charge in [-0.15, -0.1) is 11.8 Å². The van der Waals surface area contributed by atoms with E-state index in [9.17, 15) is 8.42 Å². The Hall–Kier alpha value is -0.720. The molecule has 0 fully saturated rings. The van der Waals surface area contributed by atoms with Gasteiger partial charge in [-0.3, -0.25) is 0 Å². The average Bonchev–Trinajstić information content (AvgIpc) is 2.35. The fraction of sp³-hybridized carbons (Fsp3) is 0.600. The second kappa shape index (κ2) is 8.66. The fourth-order valence-electron chi connectivity index (χ4n) is 1.88. The van der Waals surface area contributed by atoms with Crippen molar-refractivity contribution in [2.45, 2.75) is 44.6 Å². The first-order valence-corrected chi connectivity index (χ1v) is 9.90. The first kappa shape index (κ1) is 18.3. The molecule has 0 aliphatic carbocycles. The maximum atomic E-state index is 12.0. The molecule has 0 bridgehead atoms. The zero-order valence-electron chi connectivity index (χ0n) is 13.0. The van der Waals surface area contributed by atoms with Gasteiger partial charge in [-0.1, -0.05) is 19.9 Å². The summed E-state index contributed by atoms with van der Waals surface area (Å²) >= 11 is 1.51. The first-order valence-electron chi connectivity index (χ1n) is 7.27. The molecule has 0 amide bonds. The Balaban J connectivity index is 2.35. The van der Waals surface area contributed by atoms with Crippen molar-refractivity contribution in [1.82, 2.24) is 4.72 Å². The Morgan fingerprint density at radius 2 is 1.95 bits per heavy atom. The maximum Gasteiger partial charge on any atom is 0.212 e. The lowest BCUT2D eigenvalue weighted by Crippen LogP contribution is -2.35. The minimum absolute atomic E-state index is 0.00484. The molecule has 4 nitrogen and oxygen atoms in total. The summed E-state index contributed by atoms with van der Waals surface area (Å²) in [6.07, 6.45) is 1.90. The third-order valence-electron chi connectivity index (χ3n) is 3.04. The predicted molar refractivity (Wildman–Crippen MR) is 92.0 cm³/mol. The summed E-state index contributed by atoms with van der Waals surface area (Å²) in [6.45, 7) is 6.21. The van der Waals surface area contributed by atoms with Crippen molar-refractivity contribution in [3.05, 3.63) is 24.3 Å². The Kier molecular flexibility index (Phi) is 7.56. The largest absolute Gasteiger partial charge is 0.399 e. The molecule has 0 heterocycles. The molecule has 1 aromatic rings. The van der Waals surface area contributed by atoms with Gasteiger partial charge in [0.05, 0.1) is 5.75 Å². The van der Waals surface area contributed by atoms with Crippen LogP contribution in [0.3, 0.4) is 0 Å². The van der Waals surface area contributed by atoms with Gasteiger partial charge in [-0.05, 0) is 43.9 Å². The van der Waals surface area contributed by atoms with Gasteiger partial charge < -0.3 is 5.73 Å². The Morgan fingerprint density at radius 3 is 2.57 bits per heavy atom. The van der Waals surface area contributed by atoms with Gasteiger partial charge in [0, 0.05) is 22.4 Å². The zero-order valence-corrected chi connectivity index (χ0v) is 14.6.